The molecule has 0 amide bonds. The lowest BCUT2D eigenvalue weighted by Gasteiger charge is -2.39. The highest BCUT2D eigenvalue weighted by molar-refractivity contribution is 5.84. The maximum Gasteiger partial charge on any atom is 0.231 e. The van der Waals surface area contributed by atoms with E-state index < -0.39 is 37.3 Å². The predicted molar refractivity (Wildman–Crippen MR) is 118 cm³/mol. The molecule has 4 N–H and O–H groups in total. The third kappa shape index (κ3) is 3.79. The number of aliphatic hydroxyl groups is 4. The summed E-state index contributed by atoms with van der Waals surface area (Å²) in [6, 6.07) is 8.37. The van der Waals surface area contributed by atoms with Crippen molar-refractivity contribution in [1.82, 2.24) is 0 Å². The number of ether oxygens (including phenoxy) is 4. The van der Waals surface area contributed by atoms with Crippen LogP contribution >= 0.6 is 0 Å². The maximum absolute atomic E-state index is 13.3. The van der Waals surface area contributed by atoms with E-state index in [9.17, 15) is 25.2 Å². The van der Waals surface area contributed by atoms with Crippen LogP contribution in [0.15, 0.2) is 45.8 Å². The molecule has 10 heteroatoms. The van der Waals surface area contributed by atoms with Gasteiger partial charge in [-0.05, 0) is 35.7 Å². The Hall–Kier alpha value is -3.15. The number of aliphatic hydroxyl groups excluding tert-OH is 4. The Kier molecular flexibility index (Phi) is 5.92. The smallest absolute Gasteiger partial charge is 0.231 e. The average molecular weight is 472 g/mol. The first-order valence-electron chi connectivity index (χ1n) is 10.9. The van der Waals surface area contributed by atoms with Crippen molar-refractivity contribution in [3.8, 4) is 28.4 Å². The van der Waals surface area contributed by atoms with Gasteiger partial charge in [0.05, 0.1) is 17.6 Å². The van der Waals surface area contributed by atoms with E-state index >= 15 is 0 Å². The molecule has 0 radical (unpaired) electrons. The molecule has 0 saturated carbocycles. The first-order chi connectivity index (χ1) is 16.4. The van der Waals surface area contributed by atoms with Gasteiger partial charge in [0.1, 0.15) is 42.0 Å². The van der Waals surface area contributed by atoms with Gasteiger partial charge in [-0.25, -0.2) is 0 Å². The van der Waals surface area contributed by atoms with Crippen LogP contribution in [0.5, 0.6) is 17.2 Å². The Bertz CT molecular complexity index is 1270. The van der Waals surface area contributed by atoms with Crippen molar-refractivity contribution < 1.29 is 43.8 Å². The Labute approximate surface area is 193 Å². The van der Waals surface area contributed by atoms with E-state index in [-0.39, 0.29) is 23.6 Å². The minimum absolute atomic E-state index is 0.127. The predicted octanol–water partition coefficient (Wildman–Crippen LogP) is 0.930. The Morgan fingerprint density at radius 3 is 2.59 bits per heavy atom. The van der Waals surface area contributed by atoms with Crippen molar-refractivity contribution in [2.75, 3.05) is 13.4 Å². The van der Waals surface area contributed by atoms with Crippen molar-refractivity contribution in [2.45, 2.75) is 44.1 Å². The molecule has 0 aliphatic carbocycles. The molecular formula is C24H24O10. The largest absolute Gasteiger partial charge is 0.463 e. The molecule has 2 aliphatic heterocycles. The third-order valence-corrected chi connectivity index (χ3v) is 6.11. The molecule has 0 spiro atoms. The summed E-state index contributed by atoms with van der Waals surface area (Å²) in [7, 11) is 0. The molecule has 180 valence electrons. The second-order valence-electron chi connectivity index (χ2n) is 8.17. The van der Waals surface area contributed by atoms with Gasteiger partial charge in [-0.15, -0.1) is 0 Å². The summed E-state index contributed by atoms with van der Waals surface area (Å²) in [6.07, 6.45) is -5.23. The molecule has 0 unspecified atom stereocenters. The van der Waals surface area contributed by atoms with Gasteiger partial charge in [0.15, 0.2) is 11.5 Å². The molecule has 1 aromatic heterocycles. The Morgan fingerprint density at radius 1 is 1.03 bits per heavy atom. The molecule has 34 heavy (non-hydrogen) atoms. The lowest BCUT2D eigenvalue weighted by Crippen LogP contribution is -2.60. The maximum atomic E-state index is 13.3. The standard InChI is InChI=1S/C24H24O10/c1-2-11-5-13-17(7-16(11)33-24-23(29)22(28)21(27)19(8-25)34-24)30-9-14(20(13)26)12-3-4-15-18(6-12)32-10-31-15/h3-7,9,19,21-25,27-29H,2,8,10H2,1H3/t19-,21+,22+,23+,24+/m0/s1. The molecule has 5 atom stereocenters. The quantitative estimate of drug-likeness (QED) is 0.423. The van der Waals surface area contributed by atoms with Crippen LogP contribution < -0.4 is 19.6 Å². The zero-order chi connectivity index (χ0) is 24.0. The van der Waals surface area contributed by atoms with Crippen LogP contribution in [-0.2, 0) is 11.2 Å². The monoisotopic (exact) mass is 472 g/mol. The first-order valence-corrected chi connectivity index (χ1v) is 10.9. The van der Waals surface area contributed by atoms with Crippen LogP contribution in [0.1, 0.15) is 12.5 Å². The van der Waals surface area contributed by atoms with Gasteiger partial charge in [0, 0.05) is 6.07 Å². The van der Waals surface area contributed by atoms with Crippen molar-refractivity contribution in [1.29, 1.82) is 0 Å². The van der Waals surface area contributed by atoms with E-state index in [2.05, 4.69) is 0 Å². The summed E-state index contributed by atoms with van der Waals surface area (Å²) in [5.74, 6) is 1.44. The normalized spacial score (nSPS) is 26.1. The Balaban J connectivity index is 1.50. The molecule has 0 bridgehead atoms. The van der Waals surface area contributed by atoms with Crippen LogP contribution in [0.25, 0.3) is 22.1 Å². The lowest BCUT2D eigenvalue weighted by atomic mass is 9.99. The van der Waals surface area contributed by atoms with Crippen molar-refractivity contribution in [3.05, 3.63) is 52.4 Å². The van der Waals surface area contributed by atoms with Crippen LogP contribution in [0, 0.1) is 0 Å². The van der Waals surface area contributed by atoms with Gasteiger partial charge >= 0.3 is 0 Å². The molecule has 3 heterocycles. The molecule has 2 aliphatic rings. The SMILES string of the molecule is CCc1cc2c(=O)c(-c3ccc4c(c3)OCO4)coc2cc1O[C@@H]1O[C@@H](CO)[C@@H](O)[C@@H](O)[C@H]1O. The van der Waals surface area contributed by atoms with Crippen molar-refractivity contribution >= 4 is 11.0 Å². The highest BCUT2D eigenvalue weighted by Crippen LogP contribution is 2.36. The highest BCUT2D eigenvalue weighted by Gasteiger charge is 2.44. The summed E-state index contributed by atoms with van der Waals surface area (Å²) in [5.41, 5.74) is 1.63. The summed E-state index contributed by atoms with van der Waals surface area (Å²) in [6.45, 7) is 1.42. The minimum Gasteiger partial charge on any atom is -0.463 e. The first kappa shape index (κ1) is 22.6. The van der Waals surface area contributed by atoms with E-state index in [4.69, 9.17) is 23.4 Å². The van der Waals surface area contributed by atoms with Gasteiger partial charge in [0.2, 0.25) is 18.5 Å². The fourth-order valence-corrected chi connectivity index (χ4v) is 4.14. The topological polar surface area (TPSA) is 148 Å². The van der Waals surface area contributed by atoms with E-state index in [1.54, 1.807) is 24.3 Å². The highest BCUT2D eigenvalue weighted by atomic mass is 16.7. The number of rotatable bonds is 5. The van der Waals surface area contributed by atoms with Crippen molar-refractivity contribution in [3.63, 3.8) is 0 Å². The fraction of sp³-hybridized carbons (Fsp3) is 0.375. The Morgan fingerprint density at radius 2 is 1.82 bits per heavy atom. The number of hydrogen-bond donors (Lipinski definition) is 4. The van der Waals surface area contributed by atoms with Crippen LogP contribution in [0.4, 0.5) is 0 Å². The van der Waals surface area contributed by atoms with Crippen LogP contribution in [-0.4, -0.2) is 64.5 Å². The molecule has 1 saturated heterocycles. The number of fused-ring (bicyclic) bond motifs is 2. The summed E-state index contributed by atoms with van der Waals surface area (Å²) in [4.78, 5) is 13.3. The zero-order valence-electron chi connectivity index (χ0n) is 18.2. The summed E-state index contributed by atoms with van der Waals surface area (Å²) >= 11 is 0. The molecule has 5 rings (SSSR count). The number of hydrogen-bond acceptors (Lipinski definition) is 10. The van der Waals surface area contributed by atoms with Crippen molar-refractivity contribution in [2.24, 2.45) is 0 Å². The van der Waals surface area contributed by atoms with Gasteiger partial charge < -0.3 is 43.8 Å². The lowest BCUT2D eigenvalue weighted by molar-refractivity contribution is -0.277. The van der Waals surface area contributed by atoms with E-state index in [0.717, 1.165) is 0 Å². The van der Waals surface area contributed by atoms with E-state index in [1.165, 1.54) is 12.3 Å². The number of benzene rings is 2. The second-order valence-corrected chi connectivity index (χ2v) is 8.17. The van der Waals surface area contributed by atoms with Crippen LogP contribution in [0.3, 0.4) is 0 Å². The average Bonchev–Trinajstić information content (AvgIpc) is 3.32. The molecule has 3 aromatic rings. The molecule has 1 fully saturated rings. The molecular weight excluding hydrogens is 448 g/mol. The minimum atomic E-state index is -1.57. The third-order valence-electron chi connectivity index (χ3n) is 6.11. The molecule has 10 nitrogen and oxygen atoms in total. The second kappa shape index (κ2) is 8.90. The molecule has 2 aromatic carbocycles. The summed E-state index contributed by atoms with van der Waals surface area (Å²) < 4.78 is 27.7. The van der Waals surface area contributed by atoms with E-state index in [1.807, 2.05) is 6.92 Å². The van der Waals surface area contributed by atoms with Crippen LogP contribution in [0.2, 0.25) is 0 Å². The van der Waals surface area contributed by atoms with Gasteiger partial charge in [-0.3, -0.25) is 4.79 Å². The van der Waals surface area contributed by atoms with Gasteiger partial charge in [-0.1, -0.05) is 13.0 Å². The van der Waals surface area contributed by atoms with E-state index in [0.29, 0.717) is 40.0 Å². The zero-order valence-corrected chi connectivity index (χ0v) is 18.2. The van der Waals surface area contributed by atoms with Gasteiger partial charge in [0.25, 0.3) is 0 Å². The fourth-order valence-electron chi connectivity index (χ4n) is 4.14. The summed E-state index contributed by atoms with van der Waals surface area (Å²) in [5, 5.41) is 40.0. The number of aryl methyl sites for hydroxylation is 1. The van der Waals surface area contributed by atoms with Gasteiger partial charge in [-0.2, -0.15) is 0 Å².